The third kappa shape index (κ3) is 3.55. The zero-order chi connectivity index (χ0) is 25.1. The number of halogens is 1. The molecule has 0 radical (unpaired) electrons. The van der Waals surface area contributed by atoms with Gasteiger partial charge in [-0.05, 0) is 66.9 Å². The Morgan fingerprint density at radius 2 is 1.86 bits per heavy atom. The average Bonchev–Trinajstić information content (AvgIpc) is 3.65. The van der Waals surface area contributed by atoms with Gasteiger partial charge in [0.15, 0.2) is 17.2 Å². The van der Waals surface area contributed by atoms with Crippen LogP contribution in [-0.2, 0) is 0 Å². The third-order valence-corrected chi connectivity index (χ3v) is 7.58. The Hall–Kier alpha value is -4.30. The molecular formula is C29H25FN6O. The van der Waals surface area contributed by atoms with Gasteiger partial charge >= 0.3 is 0 Å². The molecule has 2 unspecified atom stereocenters. The molecule has 184 valence electrons. The van der Waals surface area contributed by atoms with E-state index in [1.807, 2.05) is 22.7 Å². The molecule has 0 aliphatic carbocycles. The highest BCUT2D eigenvalue weighted by molar-refractivity contribution is 5.91. The molecule has 2 atom stereocenters. The smallest absolute Gasteiger partial charge is 0.164 e. The van der Waals surface area contributed by atoms with Gasteiger partial charge in [-0.15, -0.1) is 0 Å². The molecule has 2 saturated heterocycles. The number of piperazine rings is 1. The van der Waals surface area contributed by atoms with E-state index in [2.05, 4.69) is 45.3 Å². The van der Waals surface area contributed by atoms with Gasteiger partial charge in [0, 0.05) is 60.6 Å². The second-order valence-electron chi connectivity index (χ2n) is 9.84. The number of pyridine rings is 1. The summed E-state index contributed by atoms with van der Waals surface area (Å²) < 4.78 is 15.7. The topological polar surface area (TPSA) is 78.6 Å². The fourth-order valence-electron chi connectivity index (χ4n) is 5.79. The van der Waals surface area contributed by atoms with Crippen LogP contribution in [0.3, 0.4) is 0 Å². The Kier molecular flexibility index (Phi) is 4.97. The van der Waals surface area contributed by atoms with Crippen LogP contribution in [-0.4, -0.2) is 49.9 Å². The number of aromatic hydroxyl groups is 1. The van der Waals surface area contributed by atoms with Gasteiger partial charge in [0.2, 0.25) is 0 Å². The number of anilines is 1. The minimum atomic E-state index is -0.669. The summed E-state index contributed by atoms with van der Waals surface area (Å²) in [5.41, 5.74) is 7.90. The number of phenols is 1. The highest BCUT2D eigenvalue weighted by atomic mass is 19.1. The maximum absolute atomic E-state index is 13.9. The number of fused-ring (bicyclic) bond motifs is 3. The van der Waals surface area contributed by atoms with Crippen molar-refractivity contribution in [2.45, 2.75) is 25.4 Å². The van der Waals surface area contributed by atoms with Crippen LogP contribution in [0.5, 0.6) is 5.75 Å². The molecule has 0 spiro atoms. The maximum atomic E-state index is 13.9. The minimum Gasteiger partial charge on any atom is -0.505 e. The van der Waals surface area contributed by atoms with Crippen LogP contribution in [0.15, 0.2) is 73.2 Å². The van der Waals surface area contributed by atoms with Crippen LogP contribution >= 0.6 is 0 Å². The summed E-state index contributed by atoms with van der Waals surface area (Å²) >= 11 is 0. The van der Waals surface area contributed by atoms with Crippen molar-refractivity contribution in [3.63, 3.8) is 0 Å². The second kappa shape index (κ2) is 8.38. The summed E-state index contributed by atoms with van der Waals surface area (Å²) in [6.45, 7) is 4.22. The van der Waals surface area contributed by atoms with Crippen molar-refractivity contribution >= 4 is 11.3 Å². The molecule has 7 nitrogen and oxygen atoms in total. The molecule has 2 aliphatic heterocycles. The SMILES string of the molecule is Cc1cc(N2CC3CC2CN3)ccc1-c1ccnc2c(-c3ccc(F)c(O)c3)c(-c3ccncc3)nn12. The largest absolute Gasteiger partial charge is 0.505 e. The highest BCUT2D eigenvalue weighted by Crippen LogP contribution is 2.39. The number of nitrogens with one attached hydrogen (secondary N) is 1. The Balaban J connectivity index is 1.40. The lowest BCUT2D eigenvalue weighted by molar-refractivity contribution is 0.433. The Labute approximate surface area is 213 Å². The molecule has 5 heterocycles. The molecule has 0 saturated carbocycles. The van der Waals surface area contributed by atoms with Crippen molar-refractivity contribution in [3.05, 3.63) is 84.6 Å². The van der Waals surface area contributed by atoms with Gasteiger partial charge in [-0.1, -0.05) is 12.1 Å². The molecule has 2 bridgehead atoms. The van der Waals surface area contributed by atoms with Crippen molar-refractivity contribution in [2.24, 2.45) is 0 Å². The molecule has 37 heavy (non-hydrogen) atoms. The van der Waals surface area contributed by atoms with E-state index < -0.39 is 11.6 Å². The average molecular weight is 493 g/mol. The number of hydrogen-bond donors (Lipinski definition) is 2. The van der Waals surface area contributed by atoms with Gasteiger partial charge in [0.25, 0.3) is 0 Å². The fraction of sp³-hybridized carbons (Fsp3) is 0.207. The Morgan fingerprint density at radius 1 is 1.00 bits per heavy atom. The molecule has 2 aliphatic rings. The number of benzene rings is 2. The first-order valence-electron chi connectivity index (χ1n) is 12.4. The van der Waals surface area contributed by atoms with Crippen LogP contribution in [0.2, 0.25) is 0 Å². The van der Waals surface area contributed by atoms with E-state index in [1.54, 1.807) is 24.7 Å². The first-order chi connectivity index (χ1) is 18.1. The molecule has 7 rings (SSSR count). The number of nitrogens with zero attached hydrogens (tertiary/aromatic N) is 5. The van der Waals surface area contributed by atoms with Crippen LogP contribution in [0.1, 0.15) is 12.0 Å². The van der Waals surface area contributed by atoms with Crippen molar-refractivity contribution in [1.82, 2.24) is 24.9 Å². The van der Waals surface area contributed by atoms with E-state index in [4.69, 9.17) is 5.10 Å². The molecule has 5 aromatic rings. The second-order valence-corrected chi connectivity index (χ2v) is 9.84. The Bertz CT molecular complexity index is 1650. The number of aromatic nitrogens is 4. The van der Waals surface area contributed by atoms with Gasteiger partial charge in [0.05, 0.1) is 11.3 Å². The van der Waals surface area contributed by atoms with E-state index in [0.29, 0.717) is 29.0 Å². The van der Waals surface area contributed by atoms with Crippen molar-refractivity contribution < 1.29 is 9.50 Å². The summed E-state index contributed by atoms with van der Waals surface area (Å²) in [6, 6.07) is 17.8. The van der Waals surface area contributed by atoms with Gasteiger partial charge in [0.1, 0.15) is 5.69 Å². The van der Waals surface area contributed by atoms with Gasteiger partial charge in [-0.2, -0.15) is 5.10 Å². The highest BCUT2D eigenvalue weighted by Gasteiger charge is 2.37. The number of rotatable bonds is 4. The molecular weight excluding hydrogens is 467 g/mol. The van der Waals surface area contributed by atoms with Crippen LogP contribution in [0, 0.1) is 12.7 Å². The summed E-state index contributed by atoms with van der Waals surface area (Å²) in [7, 11) is 0. The van der Waals surface area contributed by atoms with Gasteiger partial charge in [-0.3, -0.25) is 4.98 Å². The molecule has 3 aromatic heterocycles. The zero-order valence-electron chi connectivity index (χ0n) is 20.3. The van der Waals surface area contributed by atoms with Crippen molar-refractivity contribution in [3.8, 4) is 39.4 Å². The van der Waals surface area contributed by atoms with Crippen LogP contribution < -0.4 is 10.2 Å². The van der Waals surface area contributed by atoms with Gasteiger partial charge < -0.3 is 15.3 Å². The predicted octanol–water partition coefficient (Wildman–Crippen LogP) is 4.83. The monoisotopic (exact) mass is 492 g/mol. The molecule has 8 heteroatoms. The van der Waals surface area contributed by atoms with Crippen LogP contribution in [0.25, 0.3) is 39.3 Å². The predicted molar refractivity (Wildman–Crippen MR) is 141 cm³/mol. The lowest BCUT2D eigenvalue weighted by Gasteiger charge is -2.30. The first-order valence-corrected chi connectivity index (χ1v) is 12.4. The molecule has 2 aromatic carbocycles. The summed E-state index contributed by atoms with van der Waals surface area (Å²) in [5.74, 6) is -1.08. The minimum absolute atomic E-state index is 0.411. The van der Waals surface area contributed by atoms with Crippen molar-refractivity contribution in [2.75, 3.05) is 18.0 Å². The number of aryl methyl sites for hydroxylation is 1. The van der Waals surface area contributed by atoms with Crippen molar-refractivity contribution in [1.29, 1.82) is 0 Å². The first kappa shape index (κ1) is 21.9. The normalized spacial score (nSPS) is 18.7. The van der Waals surface area contributed by atoms with E-state index >= 15 is 0 Å². The number of hydrogen-bond acceptors (Lipinski definition) is 6. The van der Waals surface area contributed by atoms with Crippen LogP contribution in [0.4, 0.5) is 10.1 Å². The lowest BCUT2D eigenvalue weighted by Crippen LogP contribution is -2.43. The Morgan fingerprint density at radius 3 is 2.59 bits per heavy atom. The van der Waals surface area contributed by atoms with E-state index in [1.165, 1.54) is 24.2 Å². The molecule has 2 N–H and O–H groups in total. The van der Waals surface area contributed by atoms with Gasteiger partial charge in [-0.25, -0.2) is 13.9 Å². The lowest BCUT2D eigenvalue weighted by atomic mass is 10.0. The van der Waals surface area contributed by atoms with E-state index in [0.717, 1.165) is 41.0 Å². The number of phenolic OH excluding ortho intramolecular Hbond substituents is 1. The summed E-state index contributed by atoms with van der Waals surface area (Å²) in [4.78, 5) is 11.3. The maximum Gasteiger partial charge on any atom is 0.164 e. The quantitative estimate of drug-likeness (QED) is 0.374. The standard InChI is InChI=1S/C29H25FN6O/c1-17-12-21(35-16-20-14-22(35)15-33-20)3-4-23(17)25-8-11-32-29-27(19-2-5-24(30)26(37)13-19)28(34-36(25)29)18-6-9-31-10-7-18/h2-13,20,22,33,37H,14-16H2,1H3. The summed E-state index contributed by atoms with van der Waals surface area (Å²) in [5, 5.41) is 18.7. The van der Waals surface area contributed by atoms with E-state index in [9.17, 15) is 9.50 Å². The molecule has 2 fully saturated rings. The fourth-order valence-corrected chi connectivity index (χ4v) is 5.79. The summed E-state index contributed by atoms with van der Waals surface area (Å²) in [6.07, 6.45) is 6.40. The van der Waals surface area contributed by atoms with E-state index in [-0.39, 0.29) is 0 Å². The third-order valence-electron chi connectivity index (χ3n) is 7.58. The zero-order valence-corrected chi connectivity index (χ0v) is 20.3. The molecule has 0 amide bonds.